The number of nitrogens with zero attached hydrogens (tertiary/aromatic N) is 1. The predicted octanol–water partition coefficient (Wildman–Crippen LogP) is 5.24. The molecule has 0 bridgehead atoms. The van der Waals surface area contributed by atoms with Gasteiger partial charge in [-0.1, -0.05) is 31.5 Å². The molecule has 1 atom stereocenters. The number of piperidine rings is 1. The molecule has 1 amide bonds. The monoisotopic (exact) mass is 468 g/mol. The Morgan fingerprint density at radius 3 is 2.53 bits per heavy atom. The molecular weight excluding hydrogens is 441 g/mol. The van der Waals surface area contributed by atoms with Crippen LogP contribution in [0.2, 0.25) is 0 Å². The van der Waals surface area contributed by atoms with Crippen LogP contribution in [0.3, 0.4) is 0 Å². The van der Waals surface area contributed by atoms with Crippen molar-refractivity contribution in [3.63, 3.8) is 0 Å². The lowest BCUT2D eigenvalue weighted by Gasteiger charge is -2.33. The van der Waals surface area contributed by atoms with Gasteiger partial charge in [-0.15, -0.1) is 0 Å². The number of anilines is 1. The Morgan fingerprint density at radius 1 is 1.16 bits per heavy atom. The molecule has 5 nitrogen and oxygen atoms in total. The van der Waals surface area contributed by atoms with E-state index in [9.17, 15) is 26.4 Å². The van der Waals surface area contributed by atoms with Crippen LogP contribution in [0.4, 0.5) is 18.9 Å². The second kappa shape index (κ2) is 9.94. The predicted molar refractivity (Wildman–Crippen MR) is 117 cm³/mol. The highest BCUT2D eigenvalue weighted by Crippen LogP contribution is 2.33. The van der Waals surface area contributed by atoms with E-state index >= 15 is 0 Å². The van der Waals surface area contributed by atoms with Crippen LogP contribution in [0.15, 0.2) is 53.4 Å². The molecule has 1 aliphatic rings. The van der Waals surface area contributed by atoms with E-state index in [0.717, 1.165) is 29.7 Å². The van der Waals surface area contributed by atoms with Crippen molar-refractivity contribution in [3.8, 4) is 0 Å². The van der Waals surface area contributed by atoms with Crippen molar-refractivity contribution in [1.82, 2.24) is 4.90 Å². The van der Waals surface area contributed by atoms with E-state index in [4.69, 9.17) is 0 Å². The molecule has 32 heavy (non-hydrogen) atoms. The number of halogens is 3. The molecule has 9 heteroatoms. The van der Waals surface area contributed by atoms with E-state index in [1.165, 1.54) is 24.3 Å². The number of benzene rings is 2. The van der Waals surface area contributed by atoms with Gasteiger partial charge in [0.25, 0.3) is 15.9 Å². The number of hydrogen-bond acceptors (Lipinski definition) is 3. The van der Waals surface area contributed by atoms with Crippen molar-refractivity contribution in [2.75, 3.05) is 17.8 Å². The van der Waals surface area contributed by atoms with E-state index in [1.54, 1.807) is 12.1 Å². The summed E-state index contributed by atoms with van der Waals surface area (Å²) in [6.07, 6.45) is -1.09. The molecule has 1 N–H and O–H groups in total. The first-order valence-electron chi connectivity index (χ1n) is 10.7. The van der Waals surface area contributed by atoms with E-state index in [2.05, 4.69) is 11.6 Å². The molecule has 2 aromatic rings. The zero-order valence-corrected chi connectivity index (χ0v) is 18.7. The molecule has 2 aromatic carbocycles. The fraction of sp³-hybridized carbons (Fsp3) is 0.435. The Hall–Kier alpha value is -2.55. The Labute approximate surface area is 186 Å². The maximum absolute atomic E-state index is 13.1. The van der Waals surface area contributed by atoms with Gasteiger partial charge in [-0.2, -0.15) is 13.2 Å². The first-order chi connectivity index (χ1) is 15.1. The van der Waals surface area contributed by atoms with Crippen LogP contribution in [-0.2, 0) is 16.4 Å². The van der Waals surface area contributed by atoms with Crippen molar-refractivity contribution in [2.45, 2.75) is 50.1 Å². The Morgan fingerprint density at radius 2 is 1.88 bits per heavy atom. The number of rotatable bonds is 7. The van der Waals surface area contributed by atoms with E-state index in [-0.39, 0.29) is 29.8 Å². The highest BCUT2D eigenvalue weighted by molar-refractivity contribution is 7.92. The van der Waals surface area contributed by atoms with Crippen LogP contribution in [0.1, 0.15) is 48.5 Å². The molecule has 1 fully saturated rings. The van der Waals surface area contributed by atoms with Gasteiger partial charge in [-0.3, -0.25) is 9.52 Å². The fourth-order valence-electron chi connectivity index (χ4n) is 3.74. The van der Waals surface area contributed by atoms with Gasteiger partial charge in [0.2, 0.25) is 0 Å². The minimum atomic E-state index is -4.36. The van der Waals surface area contributed by atoms with Crippen LogP contribution in [0, 0.1) is 5.92 Å². The SMILES string of the molecule is CCCCc1ccc(NS(=O)(=O)c2cccc(C(=O)N3CCCC(C(F)(F)F)C3)c2)cc1. The quantitative estimate of drug-likeness (QED) is 0.604. The van der Waals surface area contributed by atoms with Crippen LogP contribution in [-0.4, -0.2) is 38.5 Å². The molecule has 1 heterocycles. The third kappa shape index (κ3) is 6.03. The van der Waals surface area contributed by atoms with Gasteiger partial charge < -0.3 is 4.90 Å². The smallest absolute Gasteiger partial charge is 0.338 e. The van der Waals surface area contributed by atoms with Crippen molar-refractivity contribution < 1.29 is 26.4 Å². The number of carbonyl (C=O) groups is 1. The maximum Gasteiger partial charge on any atom is 0.393 e. The number of nitrogens with one attached hydrogen (secondary N) is 1. The number of carbonyl (C=O) groups excluding carboxylic acids is 1. The van der Waals surface area contributed by atoms with Crippen molar-refractivity contribution in [3.05, 3.63) is 59.7 Å². The van der Waals surface area contributed by atoms with Gasteiger partial charge >= 0.3 is 6.18 Å². The van der Waals surface area contributed by atoms with Crippen LogP contribution < -0.4 is 4.72 Å². The maximum atomic E-state index is 13.1. The first-order valence-corrected chi connectivity index (χ1v) is 12.2. The number of unbranched alkanes of at least 4 members (excludes halogenated alkanes) is 1. The highest BCUT2D eigenvalue weighted by atomic mass is 32.2. The average Bonchev–Trinajstić information content (AvgIpc) is 2.77. The van der Waals surface area contributed by atoms with Crippen molar-refractivity contribution >= 4 is 21.6 Å². The highest BCUT2D eigenvalue weighted by Gasteiger charge is 2.42. The summed E-state index contributed by atoms with van der Waals surface area (Å²) in [6, 6.07) is 12.5. The minimum Gasteiger partial charge on any atom is -0.338 e. The zero-order valence-electron chi connectivity index (χ0n) is 17.9. The number of aryl methyl sites for hydroxylation is 1. The molecule has 174 valence electrons. The molecule has 1 unspecified atom stereocenters. The second-order valence-electron chi connectivity index (χ2n) is 8.07. The number of amides is 1. The van der Waals surface area contributed by atoms with Gasteiger partial charge in [0.1, 0.15) is 0 Å². The number of sulfonamides is 1. The molecule has 1 saturated heterocycles. The largest absolute Gasteiger partial charge is 0.393 e. The Kier molecular flexibility index (Phi) is 7.48. The van der Waals surface area contributed by atoms with E-state index < -0.39 is 34.6 Å². The first kappa shape index (κ1) is 24.1. The summed E-state index contributed by atoms with van der Waals surface area (Å²) in [5, 5.41) is 0. The van der Waals surface area contributed by atoms with Gasteiger partial charge in [0.05, 0.1) is 10.8 Å². The molecule has 0 saturated carbocycles. The Balaban J connectivity index is 1.73. The molecule has 0 radical (unpaired) electrons. The van der Waals surface area contributed by atoms with Gasteiger partial charge in [0, 0.05) is 24.3 Å². The summed E-state index contributed by atoms with van der Waals surface area (Å²) in [4.78, 5) is 13.8. The van der Waals surface area contributed by atoms with E-state index in [1.807, 2.05) is 12.1 Å². The molecule has 0 aromatic heterocycles. The topological polar surface area (TPSA) is 66.5 Å². The molecule has 3 rings (SSSR count). The summed E-state index contributed by atoms with van der Waals surface area (Å²) in [6.45, 7) is 1.90. The lowest BCUT2D eigenvalue weighted by Crippen LogP contribution is -2.44. The summed E-state index contributed by atoms with van der Waals surface area (Å²) >= 11 is 0. The summed E-state index contributed by atoms with van der Waals surface area (Å²) < 4.78 is 67.3. The standard InChI is InChI=1S/C23H27F3N2O3S/c1-2-3-6-17-10-12-20(13-11-17)27-32(30,31)21-9-4-7-18(15-21)22(29)28-14-5-8-19(16-28)23(24,25)26/h4,7,9-13,15,19,27H,2-3,5-6,8,14,16H2,1H3. The van der Waals surface area contributed by atoms with Crippen LogP contribution in [0.5, 0.6) is 0 Å². The van der Waals surface area contributed by atoms with Gasteiger partial charge in [-0.05, 0) is 61.6 Å². The number of likely N-dealkylation sites (tertiary alicyclic amines) is 1. The number of alkyl halides is 3. The summed E-state index contributed by atoms with van der Waals surface area (Å²) in [5.74, 6) is -2.16. The molecule has 0 spiro atoms. The lowest BCUT2D eigenvalue weighted by atomic mass is 9.97. The fourth-order valence-corrected chi connectivity index (χ4v) is 4.85. The normalized spacial score (nSPS) is 17.2. The number of hydrogen-bond donors (Lipinski definition) is 1. The van der Waals surface area contributed by atoms with Crippen molar-refractivity contribution in [2.24, 2.45) is 5.92 Å². The van der Waals surface area contributed by atoms with Crippen molar-refractivity contribution in [1.29, 1.82) is 0 Å². The summed E-state index contributed by atoms with van der Waals surface area (Å²) in [7, 11) is -3.96. The van der Waals surface area contributed by atoms with Crippen LogP contribution >= 0.6 is 0 Å². The molecular formula is C23H27F3N2O3S. The molecule has 1 aliphatic heterocycles. The Bertz CT molecular complexity index is 1040. The van der Waals surface area contributed by atoms with Crippen LogP contribution in [0.25, 0.3) is 0 Å². The van der Waals surface area contributed by atoms with Gasteiger partial charge in [-0.25, -0.2) is 8.42 Å². The van der Waals surface area contributed by atoms with E-state index in [0.29, 0.717) is 5.69 Å². The average molecular weight is 469 g/mol. The summed E-state index contributed by atoms with van der Waals surface area (Å²) in [5.41, 5.74) is 1.55. The second-order valence-corrected chi connectivity index (χ2v) is 9.75. The third-order valence-electron chi connectivity index (χ3n) is 5.59. The minimum absolute atomic E-state index is 0.0111. The lowest BCUT2D eigenvalue weighted by molar-refractivity contribution is -0.184. The third-order valence-corrected chi connectivity index (χ3v) is 6.97. The van der Waals surface area contributed by atoms with Gasteiger partial charge in [0.15, 0.2) is 0 Å². The zero-order chi connectivity index (χ0) is 23.4. The molecule has 0 aliphatic carbocycles.